The fourth-order valence-electron chi connectivity index (χ4n) is 1.99. The van der Waals surface area contributed by atoms with Crippen molar-refractivity contribution in [2.45, 2.75) is 45.1 Å². The van der Waals surface area contributed by atoms with Gasteiger partial charge in [-0.3, -0.25) is 0 Å². The van der Waals surface area contributed by atoms with Gasteiger partial charge in [-0.25, -0.2) is 0 Å². The number of rotatable bonds is 3. The van der Waals surface area contributed by atoms with Crippen LogP contribution >= 0.6 is 0 Å². The van der Waals surface area contributed by atoms with Gasteiger partial charge in [0.2, 0.25) is 0 Å². The van der Waals surface area contributed by atoms with Gasteiger partial charge in [0.15, 0.2) is 0 Å². The molecule has 1 fully saturated rings. The number of carbonyl (C=O) groups is 1. The Bertz CT molecular complexity index is 139. The summed E-state index contributed by atoms with van der Waals surface area (Å²) in [5.74, 6) is 0.187. The third-order valence-electron chi connectivity index (χ3n) is 2.89. The van der Waals surface area contributed by atoms with Gasteiger partial charge >= 0.3 is 0 Å². The molecular formula is C10H18O2. The van der Waals surface area contributed by atoms with Crippen molar-refractivity contribution in [3.05, 3.63) is 0 Å². The van der Waals surface area contributed by atoms with E-state index < -0.39 is 6.10 Å². The SMILES string of the molecule is CC(C=O)[C@@H](O)C1CCCCC1. The molecule has 2 nitrogen and oxygen atoms in total. The number of hydrogen-bond acceptors (Lipinski definition) is 2. The molecule has 1 N–H and O–H groups in total. The summed E-state index contributed by atoms with van der Waals surface area (Å²) in [5, 5.41) is 9.71. The van der Waals surface area contributed by atoms with Crippen molar-refractivity contribution < 1.29 is 9.90 Å². The Balaban J connectivity index is 2.38. The summed E-state index contributed by atoms with van der Waals surface area (Å²) >= 11 is 0. The van der Waals surface area contributed by atoms with E-state index in [2.05, 4.69) is 0 Å². The van der Waals surface area contributed by atoms with Crippen LogP contribution in [0.15, 0.2) is 0 Å². The number of aliphatic hydroxyl groups excluding tert-OH is 1. The smallest absolute Gasteiger partial charge is 0.125 e. The highest BCUT2D eigenvalue weighted by atomic mass is 16.3. The van der Waals surface area contributed by atoms with E-state index in [9.17, 15) is 9.90 Å². The third kappa shape index (κ3) is 2.31. The van der Waals surface area contributed by atoms with Crippen LogP contribution in [0.5, 0.6) is 0 Å². The Morgan fingerprint density at radius 2 is 1.92 bits per heavy atom. The second kappa shape index (κ2) is 4.61. The van der Waals surface area contributed by atoms with Crippen molar-refractivity contribution in [3.8, 4) is 0 Å². The van der Waals surface area contributed by atoms with Crippen molar-refractivity contribution in [2.24, 2.45) is 11.8 Å². The van der Waals surface area contributed by atoms with Gasteiger partial charge in [0.25, 0.3) is 0 Å². The first-order chi connectivity index (χ1) is 5.75. The minimum atomic E-state index is -0.400. The van der Waals surface area contributed by atoms with Crippen LogP contribution in [0.3, 0.4) is 0 Å². The number of aldehydes is 1. The minimum absolute atomic E-state index is 0.187. The normalized spacial score (nSPS) is 24.8. The average molecular weight is 170 g/mol. The van der Waals surface area contributed by atoms with Gasteiger partial charge in [0.05, 0.1) is 6.10 Å². The van der Waals surface area contributed by atoms with Crippen LogP contribution in [-0.2, 0) is 4.79 Å². The van der Waals surface area contributed by atoms with Crippen LogP contribution in [0, 0.1) is 11.8 Å². The molecule has 0 aliphatic heterocycles. The molecule has 0 amide bonds. The zero-order valence-corrected chi connectivity index (χ0v) is 7.70. The van der Waals surface area contributed by atoms with Gasteiger partial charge in [0, 0.05) is 5.92 Å². The monoisotopic (exact) mass is 170 g/mol. The van der Waals surface area contributed by atoms with E-state index >= 15 is 0 Å². The summed E-state index contributed by atoms with van der Waals surface area (Å²) in [4.78, 5) is 10.4. The molecule has 0 heterocycles. The fraction of sp³-hybridized carbons (Fsp3) is 0.900. The number of carbonyl (C=O) groups excluding carboxylic acids is 1. The topological polar surface area (TPSA) is 37.3 Å². The molecule has 2 heteroatoms. The number of aliphatic hydroxyl groups is 1. The van der Waals surface area contributed by atoms with Gasteiger partial charge in [-0.15, -0.1) is 0 Å². The minimum Gasteiger partial charge on any atom is -0.392 e. The summed E-state index contributed by atoms with van der Waals surface area (Å²) in [6, 6.07) is 0. The lowest BCUT2D eigenvalue weighted by Gasteiger charge is -2.28. The van der Waals surface area contributed by atoms with E-state index in [1.165, 1.54) is 19.3 Å². The highest BCUT2D eigenvalue weighted by Crippen LogP contribution is 2.28. The van der Waals surface area contributed by atoms with E-state index in [4.69, 9.17) is 0 Å². The van der Waals surface area contributed by atoms with Gasteiger partial charge in [-0.05, 0) is 18.8 Å². The molecule has 0 bridgehead atoms. The van der Waals surface area contributed by atoms with Crippen molar-refractivity contribution in [3.63, 3.8) is 0 Å². The zero-order chi connectivity index (χ0) is 8.97. The second-order valence-corrected chi connectivity index (χ2v) is 3.88. The predicted molar refractivity (Wildman–Crippen MR) is 47.8 cm³/mol. The van der Waals surface area contributed by atoms with Gasteiger partial charge < -0.3 is 9.90 Å². The molecule has 1 rings (SSSR count). The molecule has 0 radical (unpaired) electrons. The maximum atomic E-state index is 10.4. The van der Waals surface area contributed by atoms with Crippen molar-refractivity contribution in [1.29, 1.82) is 0 Å². The van der Waals surface area contributed by atoms with Crippen LogP contribution in [0.4, 0.5) is 0 Å². The predicted octanol–water partition coefficient (Wildman–Crippen LogP) is 1.76. The Morgan fingerprint density at radius 3 is 2.42 bits per heavy atom. The maximum Gasteiger partial charge on any atom is 0.125 e. The molecule has 0 saturated heterocycles. The Hall–Kier alpha value is -0.370. The highest BCUT2D eigenvalue weighted by Gasteiger charge is 2.25. The largest absolute Gasteiger partial charge is 0.392 e. The first kappa shape index (κ1) is 9.72. The summed E-state index contributed by atoms with van der Waals surface area (Å²) in [6.07, 6.45) is 6.37. The third-order valence-corrected chi connectivity index (χ3v) is 2.89. The van der Waals surface area contributed by atoms with E-state index in [0.717, 1.165) is 19.1 Å². The van der Waals surface area contributed by atoms with Gasteiger partial charge in [-0.1, -0.05) is 26.2 Å². The van der Waals surface area contributed by atoms with E-state index in [0.29, 0.717) is 5.92 Å². The molecule has 2 atom stereocenters. The van der Waals surface area contributed by atoms with Crippen LogP contribution in [0.25, 0.3) is 0 Å². The Kier molecular flexibility index (Phi) is 3.73. The van der Waals surface area contributed by atoms with E-state index in [1.54, 1.807) is 6.92 Å². The van der Waals surface area contributed by atoms with E-state index in [1.807, 2.05) is 0 Å². The van der Waals surface area contributed by atoms with Crippen LogP contribution in [-0.4, -0.2) is 17.5 Å². The first-order valence-corrected chi connectivity index (χ1v) is 4.89. The summed E-state index contributed by atoms with van der Waals surface area (Å²) in [6.45, 7) is 1.80. The summed E-state index contributed by atoms with van der Waals surface area (Å²) in [7, 11) is 0. The maximum absolute atomic E-state index is 10.4. The molecule has 12 heavy (non-hydrogen) atoms. The highest BCUT2D eigenvalue weighted by molar-refractivity contribution is 5.53. The summed E-state index contributed by atoms with van der Waals surface area (Å²) < 4.78 is 0. The lowest BCUT2D eigenvalue weighted by Crippen LogP contribution is -2.29. The van der Waals surface area contributed by atoms with Crippen molar-refractivity contribution in [1.82, 2.24) is 0 Å². The average Bonchev–Trinajstić information content (AvgIpc) is 2.17. The summed E-state index contributed by atoms with van der Waals surface area (Å²) in [5.41, 5.74) is 0. The lowest BCUT2D eigenvalue weighted by atomic mass is 9.81. The second-order valence-electron chi connectivity index (χ2n) is 3.88. The molecule has 1 unspecified atom stereocenters. The van der Waals surface area contributed by atoms with Crippen LogP contribution in [0.1, 0.15) is 39.0 Å². The molecule has 1 saturated carbocycles. The molecule has 0 spiro atoms. The van der Waals surface area contributed by atoms with Gasteiger partial charge in [0.1, 0.15) is 6.29 Å². The van der Waals surface area contributed by atoms with Crippen LogP contribution < -0.4 is 0 Å². The van der Waals surface area contributed by atoms with Crippen molar-refractivity contribution >= 4 is 6.29 Å². The molecule has 70 valence electrons. The van der Waals surface area contributed by atoms with Crippen LogP contribution in [0.2, 0.25) is 0 Å². The van der Waals surface area contributed by atoms with Gasteiger partial charge in [-0.2, -0.15) is 0 Å². The first-order valence-electron chi connectivity index (χ1n) is 4.89. The molecular weight excluding hydrogens is 152 g/mol. The molecule has 0 aromatic heterocycles. The zero-order valence-electron chi connectivity index (χ0n) is 7.70. The van der Waals surface area contributed by atoms with E-state index in [-0.39, 0.29) is 5.92 Å². The molecule has 1 aliphatic carbocycles. The molecule has 0 aromatic rings. The lowest BCUT2D eigenvalue weighted by molar-refractivity contribution is -0.115. The molecule has 1 aliphatic rings. The Morgan fingerprint density at radius 1 is 1.33 bits per heavy atom. The quantitative estimate of drug-likeness (QED) is 0.655. The molecule has 0 aromatic carbocycles. The Labute approximate surface area is 74.0 Å². The number of hydrogen-bond donors (Lipinski definition) is 1. The van der Waals surface area contributed by atoms with Crippen molar-refractivity contribution in [2.75, 3.05) is 0 Å². The fourth-order valence-corrected chi connectivity index (χ4v) is 1.99. The standard InChI is InChI=1S/C10H18O2/c1-8(7-11)10(12)9-5-3-2-4-6-9/h7-10,12H,2-6H2,1H3/t8?,10-/m1/s1.